The molecule has 1 aromatic carbocycles. The van der Waals surface area contributed by atoms with E-state index < -0.39 is 24.0 Å². The highest BCUT2D eigenvalue weighted by Crippen LogP contribution is 2.50. The van der Waals surface area contributed by atoms with Gasteiger partial charge in [-0.05, 0) is 43.4 Å². The molecule has 1 aliphatic carbocycles. The predicted octanol–water partition coefficient (Wildman–Crippen LogP) is 4.51. The molecule has 4 rings (SSSR count). The van der Waals surface area contributed by atoms with Crippen LogP contribution in [-0.2, 0) is 16.0 Å². The third-order valence-corrected chi connectivity index (χ3v) is 6.76. The largest absolute Gasteiger partial charge is 0.493 e. The van der Waals surface area contributed by atoms with Crippen LogP contribution in [0.15, 0.2) is 16.7 Å². The highest BCUT2D eigenvalue weighted by Gasteiger charge is 2.43. The first-order valence-electron chi connectivity index (χ1n) is 11.6. The molecule has 2 aromatic rings. The normalized spacial score (nSPS) is 20.8. The lowest BCUT2D eigenvalue weighted by Gasteiger charge is -2.30. The van der Waals surface area contributed by atoms with Crippen molar-refractivity contribution in [3.8, 4) is 5.75 Å². The van der Waals surface area contributed by atoms with E-state index in [0.717, 1.165) is 50.3 Å². The number of carbonyl (C=O) groups excluding carboxylic acids is 1. The summed E-state index contributed by atoms with van der Waals surface area (Å²) in [5.74, 6) is 0.792. The number of methoxy groups -OCH3 is 1. The monoisotopic (exact) mass is 463 g/mol. The average molecular weight is 464 g/mol. The summed E-state index contributed by atoms with van der Waals surface area (Å²) in [4.78, 5) is 18.0. The summed E-state index contributed by atoms with van der Waals surface area (Å²) in [6.45, 7) is 6.34. The molecular weight excluding hydrogens is 432 g/mol. The molecule has 1 aromatic heterocycles. The fourth-order valence-electron chi connectivity index (χ4n) is 4.67. The van der Waals surface area contributed by atoms with Gasteiger partial charge in [0.15, 0.2) is 5.82 Å². The number of hydrogen-bond acceptors (Lipinski definition) is 7. The molecule has 180 valence electrons. The Morgan fingerprint density at radius 2 is 1.94 bits per heavy atom. The summed E-state index contributed by atoms with van der Waals surface area (Å²) in [5.41, 5.74) is -0.302. The van der Waals surface area contributed by atoms with Crippen molar-refractivity contribution in [2.75, 3.05) is 31.7 Å². The molecule has 0 N–H and O–H groups in total. The van der Waals surface area contributed by atoms with E-state index >= 15 is 0 Å². The summed E-state index contributed by atoms with van der Waals surface area (Å²) in [5, 5.41) is 4.05. The Morgan fingerprint density at radius 3 is 2.55 bits per heavy atom. The van der Waals surface area contributed by atoms with Crippen LogP contribution in [0.2, 0.25) is 0 Å². The number of nitrogens with zero attached hydrogens (tertiary/aromatic N) is 3. The number of ether oxygens (including phenoxy) is 2. The van der Waals surface area contributed by atoms with Crippen LogP contribution in [0.5, 0.6) is 5.75 Å². The summed E-state index contributed by atoms with van der Waals surface area (Å²) in [6, 6.07) is 2.88. The zero-order chi connectivity index (χ0) is 23.5. The summed E-state index contributed by atoms with van der Waals surface area (Å²) < 4.78 is 43.8. The molecule has 0 spiro atoms. The lowest BCUT2D eigenvalue weighted by molar-refractivity contribution is -0.139. The van der Waals surface area contributed by atoms with Crippen LogP contribution < -0.4 is 9.64 Å². The van der Waals surface area contributed by atoms with Crippen LogP contribution in [0.3, 0.4) is 0 Å². The van der Waals surface area contributed by atoms with Crippen LogP contribution in [0, 0.1) is 29.4 Å². The topological polar surface area (TPSA) is 77.7 Å². The highest BCUT2D eigenvalue weighted by atomic mass is 19.1. The van der Waals surface area contributed by atoms with Crippen LogP contribution in [0.4, 0.5) is 14.8 Å². The molecule has 0 radical (unpaired) electrons. The van der Waals surface area contributed by atoms with Gasteiger partial charge in [0.25, 0.3) is 0 Å². The van der Waals surface area contributed by atoms with Crippen molar-refractivity contribution in [2.24, 2.45) is 17.8 Å². The van der Waals surface area contributed by atoms with Gasteiger partial charge >= 0.3 is 12.0 Å². The number of anilines is 1. The molecule has 2 fully saturated rings. The quantitative estimate of drug-likeness (QED) is 0.507. The maximum atomic E-state index is 14.2. The van der Waals surface area contributed by atoms with E-state index in [-0.39, 0.29) is 17.2 Å². The van der Waals surface area contributed by atoms with E-state index in [1.165, 1.54) is 13.5 Å². The van der Waals surface area contributed by atoms with Crippen molar-refractivity contribution in [3.63, 3.8) is 0 Å². The van der Waals surface area contributed by atoms with Gasteiger partial charge in [-0.25, -0.2) is 8.78 Å². The molecule has 1 saturated carbocycles. The minimum Gasteiger partial charge on any atom is -0.493 e. The van der Waals surface area contributed by atoms with Crippen molar-refractivity contribution >= 4 is 12.0 Å². The third kappa shape index (κ3) is 5.62. The van der Waals surface area contributed by atoms with E-state index in [0.29, 0.717) is 30.4 Å². The van der Waals surface area contributed by atoms with Gasteiger partial charge in [-0.15, -0.1) is 0 Å². The molecule has 7 nitrogen and oxygen atoms in total. The second-order valence-electron chi connectivity index (χ2n) is 9.33. The van der Waals surface area contributed by atoms with Crippen LogP contribution in [-0.4, -0.2) is 42.9 Å². The van der Waals surface area contributed by atoms with Crippen molar-refractivity contribution in [3.05, 3.63) is 35.2 Å². The minimum absolute atomic E-state index is 0.143. The molecular formula is C24H31F2N3O4. The van der Waals surface area contributed by atoms with Gasteiger partial charge in [0.05, 0.1) is 20.1 Å². The number of aromatic nitrogens is 2. The van der Waals surface area contributed by atoms with Gasteiger partial charge in [0.2, 0.25) is 0 Å². The number of piperidine rings is 1. The van der Waals surface area contributed by atoms with Gasteiger partial charge in [-0.3, -0.25) is 4.79 Å². The molecule has 0 bridgehead atoms. The van der Waals surface area contributed by atoms with Gasteiger partial charge in [-0.1, -0.05) is 19.0 Å². The van der Waals surface area contributed by atoms with E-state index in [1.54, 1.807) is 0 Å². The second-order valence-corrected chi connectivity index (χ2v) is 9.33. The first-order chi connectivity index (χ1) is 15.9. The Balaban J connectivity index is 1.20. The number of carbonyl (C=O) groups is 1. The zero-order valence-electron chi connectivity index (χ0n) is 19.4. The Kier molecular flexibility index (Phi) is 7.14. The lowest BCUT2D eigenvalue weighted by atomic mass is 9.90. The van der Waals surface area contributed by atoms with Crippen molar-refractivity contribution in [2.45, 2.75) is 51.9 Å². The number of rotatable bonds is 9. The maximum absolute atomic E-state index is 14.2. The van der Waals surface area contributed by atoms with E-state index in [1.807, 2.05) is 13.8 Å². The van der Waals surface area contributed by atoms with E-state index in [2.05, 4.69) is 19.8 Å². The van der Waals surface area contributed by atoms with Crippen molar-refractivity contribution in [1.82, 2.24) is 10.1 Å². The summed E-state index contributed by atoms with van der Waals surface area (Å²) in [7, 11) is 1.18. The molecule has 2 unspecified atom stereocenters. The lowest BCUT2D eigenvalue weighted by Crippen LogP contribution is -2.34. The smallest absolute Gasteiger partial charge is 0.324 e. The van der Waals surface area contributed by atoms with Crippen LogP contribution in [0.1, 0.15) is 56.8 Å². The Morgan fingerprint density at radius 1 is 1.24 bits per heavy atom. The van der Waals surface area contributed by atoms with Gasteiger partial charge in [0, 0.05) is 36.7 Å². The average Bonchev–Trinajstić information content (AvgIpc) is 3.38. The summed E-state index contributed by atoms with van der Waals surface area (Å²) in [6.07, 6.45) is 3.79. The number of benzene rings is 1. The van der Waals surface area contributed by atoms with E-state index in [4.69, 9.17) is 9.26 Å². The first-order valence-corrected chi connectivity index (χ1v) is 11.6. The SMILES string of the molecule is COC(=O)Cc1c(F)cc(OCCC2CC2C2CCN(c3nc(C(C)C)no3)CC2)cc1F. The predicted molar refractivity (Wildman–Crippen MR) is 117 cm³/mol. The molecule has 1 aliphatic heterocycles. The Bertz CT molecular complexity index is 949. The molecule has 1 saturated heterocycles. The van der Waals surface area contributed by atoms with Crippen LogP contribution in [0.25, 0.3) is 0 Å². The molecule has 2 aliphatic rings. The fraction of sp³-hybridized carbons (Fsp3) is 0.625. The highest BCUT2D eigenvalue weighted by molar-refractivity contribution is 5.72. The standard InChI is InChI=1S/C24H31F2N3O4/c1-14(2)23-27-24(33-28-23)29-7-4-15(5-8-29)18-10-16(18)6-9-32-17-11-20(25)19(21(26)12-17)13-22(30)31-3/h11-12,14-16,18H,4-10,13H2,1-3H3. The van der Waals surface area contributed by atoms with Gasteiger partial charge in [-0.2, -0.15) is 4.98 Å². The van der Waals surface area contributed by atoms with E-state index in [9.17, 15) is 13.6 Å². The van der Waals surface area contributed by atoms with Crippen molar-refractivity contribution in [1.29, 1.82) is 0 Å². The molecule has 0 amide bonds. The summed E-state index contributed by atoms with van der Waals surface area (Å²) >= 11 is 0. The fourth-order valence-corrected chi connectivity index (χ4v) is 4.67. The minimum atomic E-state index is -0.798. The Labute approximate surface area is 192 Å². The Hall–Kier alpha value is -2.71. The number of esters is 1. The molecule has 2 heterocycles. The molecule has 2 atom stereocenters. The first kappa shape index (κ1) is 23.4. The molecule has 33 heavy (non-hydrogen) atoms. The molecule has 9 heteroatoms. The zero-order valence-corrected chi connectivity index (χ0v) is 19.4. The number of hydrogen-bond donors (Lipinski definition) is 0. The van der Waals surface area contributed by atoms with Gasteiger partial charge in [0.1, 0.15) is 17.4 Å². The number of halogens is 2. The van der Waals surface area contributed by atoms with Crippen LogP contribution >= 0.6 is 0 Å². The van der Waals surface area contributed by atoms with Crippen molar-refractivity contribution < 1.29 is 27.6 Å². The maximum Gasteiger partial charge on any atom is 0.324 e. The third-order valence-electron chi connectivity index (χ3n) is 6.76. The second kappa shape index (κ2) is 10.1. The van der Waals surface area contributed by atoms with Gasteiger partial charge < -0.3 is 18.9 Å².